The van der Waals surface area contributed by atoms with Gasteiger partial charge in [0, 0.05) is 10.0 Å². The molecule has 0 unspecified atom stereocenters. The smallest absolute Gasteiger partial charge is 0.332 e. The Labute approximate surface area is 107 Å². The molecule has 6 nitrogen and oxygen atoms in total. The largest absolute Gasteiger partial charge is 0.504 e. The van der Waals surface area contributed by atoms with E-state index in [9.17, 15) is 9.90 Å². The molecule has 92 valence electrons. The molecule has 1 aromatic rings. The molecule has 0 aliphatic rings. The first kappa shape index (κ1) is 13.3. The van der Waals surface area contributed by atoms with Gasteiger partial charge in [-0.15, -0.1) is 0 Å². The summed E-state index contributed by atoms with van der Waals surface area (Å²) in [4.78, 5) is 10.4. The van der Waals surface area contributed by atoms with E-state index in [1.807, 2.05) is 6.92 Å². The Morgan fingerprint density at radius 3 is 3.00 bits per heavy atom. The third kappa shape index (κ3) is 3.95. The molecule has 17 heavy (non-hydrogen) atoms. The highest BCUT2D eigenvalue weighted by Gasteiger charge is 2.07. The maximum absolute atomic E-state index is 10.4. The highest BCUT2D eigenvalue weighted by Crippen LogP contribution is 2.31. The normalized spacial score (nSPS) is 10.5. The molecule has 0 radical (unpaired) electrons. The molecule has 0 heterocycles. The number of nitrogens with two attached hydrogens (primary N) is 1. The molecule has 0 atom stereocenters. The van der Waals surface area contributed by atoms with Gasteiger partial charge in [0.2, 0.25) is 0 Å². The second kappa shape index (κ2) is 6.09. The van der Waals surface area contributed by atoms with E-state index < -0.39 is 6.03 Å². The van der Waals surface area contributed by atoms with Crippen molar-refractivity contribution >= 4 is 28.2 Å². The van der Waals surface area contributed by atoms with Crippen molar-refractivity contribution in [3.05, 3.63) is 22.2 Å². The van der Waals surface area contributed by atoms with E-state index in [1.165, 1.54) is 12.3 Å². The van der Waals surface area contributed by atoms with Crippen LogP contribution in [0.2, 0.25) is 0 Å². The Morgan fingerprint density at radius 2 is 2.41 bits per heavy atom. The monoisotopic (exact) mass is 301 g/mol. The lowest BCUT2D eigenvalue weighted by molar-refractivity contribution is 0.249. The third-order valence-corrected chi connectivity index (χ3v) is 2.44. The first-order valence-corrected chi connectivity index (χ1v) is 5.57. The van der Waals surface area contributed by atoms with Crippen LogP contribution >= 0.6 is 15.9 Å². The van der Waals surface area contributed by atoms with Crippen LogP contribution in [0.25, 0.3) is 0 Å². The Balaban J connectivity index is 2.94. The zero-order valence-electron chi connectivity index (χ0n) is 9.11. The van der Waals surface area contributed by atoms with Crippen molar-refractivity contribution < 1.29 is 14.6 Å². The van der Waals surface area contributed by atoms with Crippen molar-refractivity contribution in [3.8, 4) is 11.5 Å². The number of amides is 2. The number of phenolic OH excluding ortho intramolecular Hbond substituents is 1. The van der Waals surface area contributed by atoms with Crippen LogP contribution < -0.4 is 15.9 Å². The predicted octanol–water partition coefficient (Wildman–Crippen LogP) is 1.56. The van der Waals surface area contributed by atoms with E-state index in [0.29, 0.717) is 22.4 Å². The number of carbonyl (C=O) groups excluding carboxylic acids is 1. The van der Waals surface area contributed by atoms with Crippen molar-refractivity contribution in [2.75, 3.05) is 6.61 Å². The highest BCUT2D eigenvalue weighted by molar-refractivity contribution is 9.10. The van der Waals surface area contributed by atoms with Crippen molar-refractivity contribution in [2.24, 2.45) is 10.8 Å². The number of primary amides is 1. The first-order chi connectivity index (χ1) is 8.04. The number of nitrogens with zero attached hydrogens (tertiary/aromatic N) is 1. The number of benzene rings is 1. The number of carbonyl (C=O) groups is 1. The maximum Gasteiger partial charge on any atom is 0.332 e. The maximum atomic E-state index is 10.4. The summed E-state index contributed by atoms with van der Waals surface area (Å²) < 4.78 is 5.83. The molecule has 4 N–H and O–H groups in total. The molecule has 0 saturated carbocycles. The van der Waals surface area contributed by atoms with Gasteiger partial charge < -0.3 is 15.6 Å². The molecule has 0 fully saturated rings. The van der Waals surface area contributed by atoms with Crippen LogP contribution in [0.3, 0.4) is 0 Å². The topological polar surface area (TPSA) is 96.9 Å². The van der Waals surface area contributed by atoms with E-state index in [4.69, 9.17) is 10.5 Å². The van der Waals surface area contributed by atoms with Crippen molar-refractivity contribution in [1.82, 2.24) is 5.43 Å². The minimum atomic E-state index is -0.749. The molecule has 0 aliphatic heterocycles. The van der Waals surface area contributed by atoms with E-state index in [1.54, 1.807) is 6.07 Å². The van der Waals surface area contributed by atoms with Gasteiger partial charge in [0.15, 0.2) is 11.5 Å². The summed E-state index contributed by atoms with van der Waals surface area (Å²) >= 11 is 3.25. The van der Waals surface area contributed by atoms with Crippen molar-refractivity contribution in [2.45, 2.75) is 6.92 Å². The molecule has 7 heteroatoms. The van der Waals surface area contributed by atoms with Gasteiger partial charge in [-0.05, 0) is 35.0 Å². The second-order valence-electron chi connectivity index (χ2n) is 3.01. The van der Waals surface area contributed by atoms with Gasteiger partial charge in [-0.1, -0.05) is 0 Å². The average molecular weight is 302 g/mol. The number of rotatable bonds is 4. The van der Waals surface area contributed by atoms with Crippen LogP contribution in [-0.2, 0) is 0 Å². The molecule has 0 aromatic heterocycles. The van der Waals surface area contributed by atoms with Gasteiger partial charge in [-0.2, -0.15) is 5.10 Å². The Hall–Kier alpha value is -1.76. The van der Waals surface area contributed by atoms with Crippen molar-refractivity contribution in [1.29, 1.82) is 0 Å². The molecule has 0 spiro atoms. The van der Waals surface area contributed by atoms with Crippen LogP contribution in [-0.4, -0.2) is 24.0 Å². The lowest BCUT2D eigenvalue weighted by atomic mass is 10.2. The van der Waals surface area contributed by atoms with Crippen LogP contribution in [0, 0.1) is 0 Å². The van der Waals surface area contributed by atoms with Gasteiger partial charge in [0.1, 0.15) is 0 Å². The summed E-state index contributed by atoms with van der Waals surface area (Å²) in [6.07, 6.45) is 1.39. The molecule has 1 rings (SSSR count). The zero-order valence-corrected chi connectivity index (χ0v) is 10.7. The van der Waals surface area contributed by atoms with Gasteiger partial charge in [-0.25, -0.2) is 10.2 Å². The lowest BCUT2D eigenvalue weighted by Gasteiger charge is -2.07. The number of phenols is 1. The number of halogens is 1. The number of hydrogen-bond donors (Lipinski definition) is 3. The SMILES string of the molecule is CCOc1cc(/C=N/NC(N)=O)c(Br)cc1O. The van der Waals surface area contributed by atoms with E-state index in [0.717, 1.165) is 0 Å². The molecule has 0 saturated heterocycles. The Morgan fingerprint density at radius 1 is 1.71 bits per heavy atom. The molecule has 1 aromatic carbocycles. The van der Waals surface area contributed by atoms with E-state index in [-0.39, 0.29) is 5.75 Å². The number of ether oxygens (including phenoxy) is 1. The molecule has 0 aliphatic carbocycles. The third-order valence-electron chi connectivity index (χ3n) is 1.76. The van der Waals surface area contributed by atoms with E-state index in [2.05, 4.69) is 26.5 Å². The molecule has 0 bridgehead atoms. The standard InChI is InChI=1S/C10H12BrN3O3/c1-2-17-9-3-6(5-13-14-10(12)16)7(11)4-8(9)15/h3-5,15H,2H2,1H3,(H3,12,14,16)/b13-5+. The molecule has 2 amide bonds. The Bertz CT molecular complexity index is 449. The minimum absolute atomic E-state index is 0.0266. The Kier molecular flexibility index (Phi) is 4.77. The number of hydrazone groups is 1. The second-order valence-corrected chi connectivity index (χ2v) is 3.86. The quantitative estimate of drug-likeness (QED) is 0.581. The summed E-state index contributed by atoms with van der Waals surface area (Å²) in [6, 6.07) is 2.33. The first-order valence-electron chi connectivity index (χ1n) is 4.78. The molecular formula is C10H12BrN3O3. The molecular weight excluding hydrogens is 290 g/mol. The predicted molar refractivity (Wildman–Crippen MR) is 67.3 cm³/mol. The van der Waals surface area contributed by atoms with Crippen LogP contribution in [0.1, 0.15) is 12.5 Å². The van der Waals surface area contributed by atoms with Gasteiger partial charge in [0.05, 0.1) is 12.8 Å². The number of aromatic hydroxyl groups is 1. The minimum Gasteiger partial charge on any atom is -0.504 e. The van der Waals surface area contributed by atoms with Gasteiger partial charge in [-0.3, -0.25) is 0 Å². The fraction of sp³-hybridized carbons (Fsp3) is 0.200. The van der Waals surface area contributed by atoms with E-state index >= 15 is 0 Å². The summed E-state index contributed by atoms with van der Waals surface area (Å²) in [7, 11) is 0. The van der Waals surface area contributed by atoms with Gasteiger partial charge >= 0.3 is 6.03 Å². The van der Waals surface area contributed by atoms with Gasteiger partial charge in [0.25, 0.3) is 0 Å². The number of urea groups is 1. The van der Waals surface area contributed by atoms with Crippen molar-refractivity contribution in [3.63, 3.8) is 0 Å². The number of nitrogens with one attached hydrogen (secondary N) is 1. The van der Waals surface area contributed by atoms with Crippen LogP contribution in [0.5, 0.6) is 11.5 Å². The van der Waals surface area contributed by atoms with Crippen LogP contribution in [0.4, 0.5) is 4.79 Å². The summed E-state index contributed by atoms with van der Waals surface area (Å²) in [6.45, 7) is 2.25. The zero-order chi connectivity index (χ0) is 12.8. The summed E-state index contributed by atoms with van der Waals surface area (Å²) in [5.41, 5.74) is 7.57. The fourth-order valence-corrected chi connectivity index (χ4v) is 1.53. The highest BCUT2D eigenvalue weighted by atomic mass is 79.9. The average Bonchev–Trinajstić information content (AvgIpc) is 2.24. The number of hydrogen-bond acceptors (Lipinski definition) is 4. The lowest BCUT2D eigenvalue weighted by Crippen LogP contribution is -2.24. The summed E-state index contributed by atoms with van der Waals surface area (Å²) in [5, 5.41) is 13.2. The summed E-state index contributed by atoms with van der Waals surface area (Å²) in [5.74, 6) is 0.370. The fourth-order valence-electron chi connectivity index (χ4n) is 1.09. The van der Waals surface area contributed by atoms with Crippen LogP contribution in [0.15, 0.2) is 21.7 Å².